The Kier molecular flexibility index (Phi) is 4.87. The summed E-state index contributed by atoms with van der Waals surface area (Å²) in [5, 5.41) is 3.59. The van der Waals surface area contributed by atoms with E-state index in [0.717, 1.165) is 21.5 Å². The van der Waals surface area contributed by atoms with Gasteiger partial charge in [-0.05, 0) is 58.6 Å². The Bertz CT molecular complexity index is 611. The largest absolute Gasteiger partial charge is 0.310 e. The van der Waals surface area contributed by atoms with E-state index in [9.17, 15) is 0 Å². The Morgan fingerprint density at radius 2 is 1.85 bits per heavy atom. The van der Waals surface area contributed by atoms with Gasteiger partial charge >= 0.3 is 0 Å². The molecule has 0 saturated heterocycles. The van der Waals surface area contributed by atoms with Gasteiger partial charge in [0.25, 0.3) is 0 Å². The summed E-state index contributed by atoms with van der Waals surface area (Å²) < 4.78 is 2.27. The lowest BCUT2D eigenvalue weighted by molar-refractivity contribution is 0.680. The number of rotatable bonds is 5. The maximum absolute atomic E-state index is 3.62. The van der Waals surface area contributed by atoms with E-state index in [2.05, 4.69) is 73.6 Å². The van der Waals surface area contributed by atoms with Gasteiger partial charge in [-0.3, -0.25) is 0 Å². The van der Waals surface area contributed by atoms with Crippen LogP contribution in [-0.4, -0.2) is 6.04 Å². The summed E-state index contributed by atoms with van der Waals surface area (Å²) >= 11 is 9.01. The molecule has 2 aromatic rings. The second kappa shape index (κ2) is 6.65. The number of halogens is 2. The average molecular weight is 413 g/mol. The van der Waals surface area contributed by atoms with Crippen molar-refractivity contribution in [1.29, 1.82) is 0 Å². The Labute approximate surface area is 140 Å². The molecule has 0 heterocycles. The Morgan fingerprint density at radius 1 is 1.05 bits per heavy atom. The topological polar surface area (TPSA) is 12.0 Å². The van der Waals surface area contributed by atoms with Crippen molar-refractivity contribution >= 4 is 43.6 Å². The molecule has 3 rings (SSSR count). The summed E-state index contributed by atoms with van der Waals surface area (Å²) in [6.45, 7) is 0.949. The molecule has 20 heavy (non-hydrogen) atoms. The van der Waals surface area contributed by atoms with E-state index in [4.69, 9.17) is 0 Å². The average Bonchev–Trinajstić information content (AvgIpc) is 3.25. The predicted octanol–water partition coefficient (Wildman–Crippen LogP) is 5.61. The van der Waals surface area contributed by atoms with Crippen molar-refractivity contribution < 1.29 is 0 Å². The first-order valence-electron chi connectivity index (χ1n) is 6.66. The number of hydrogen-bond acceptors (Lipinski definition) is 2. The molecule has 1 aliphatic rings. The molecule has 4 heteroatoms. The lowest BCUT2D eigenvalue weighted by atomic mass is 10.2. The van der Waals surface area contributed by atoms with E-state index < -0.39 is 0 Å². The molecular weight excluding hydrogens is 398 g/mol. The molecule has 1 nitrogen and oxygen atoms in total. The van der Waals surface area contributed by atoms with Crippen molar-refractivity contribution in [3.8, 4) is 0 Å². The van der Waals surface area contributed by atoms with Crippen LogP contribution in [0.2, 0.25) is 0 Å². The van der Waals surface area contributed by atoms with Crippen molar-refractivity contribution in [3.05, 3.63) is 57.0 Å². The number of hydrogen-bond donors (Lipinski definition) is 1. The standard InChI is InChI=1S/C16H15Br2NS/c17-12-6-5-11(10-19-13-7-8-13)16(9-12)20-15-4-2-1-3-14(15)18/h1-6,9,13,19H,7-8,10H2. The summed E-state index contributed by atoms with van der Waals surface area (Å²) in [6.07, 6.45) is 2.65. The van der Waals surface area contributed by atoms with Crippen LogP contribution in [0.3, 0.4) is 0 Å². The van der Waals surface area contributed by atoms with Gasteiger partial charge in [-0.2, -0.15) is 0 Å². The smallest absolute Gasteiger partial charge is 0.0314 e. The molecule has 0 spiro atoms. The van der Waals surface area contributed by atoms with E-state index in [1.807, 2.05) is 17.8 Å². The SMILES string of the molecule is Brc1ccc(CNC2CC2)c(Sc2ccccc2Br)c1. The first-order chi connectivity index (χ1) is 9.72. The molecular formula is C16H15Br2NS. The lowest BCUT2D eigenvalue weighted by Crippen LogP contribution is -2.15. The summed E-state index contributed by atoms with van der Waals surface area (Å²) in [5.41, 5.74) is 1.36. The third-order valence-corrected chi connectivity index (χ3v) is 5.87. The van der Waals surface area contributed by atoms with Gasteiger partial charge in [-0.25, -0.2) is 0 Å². The van der Waals surface area contributed by atoms with Crippen molar-refractivity contribution in [2.24, 2.45) is 0 Å². The predicted molar refractivity (Wildman–Crippen MR) is 92.3 cm³/mol. The minimum absolute atomic E-state index is 0.736. The van der Waals surface area contributed by atoms with Gasteiger partial charge < -0.3 is 5.32 Å². The minimum Gasteiger partial charge on any atom is -0.310 e. The molecule has 1 saturated carbocycles. The molecule has 2 aromatic carbocycles. The monoisotopic (exact) mass is 411 g/mol. The highest BCUT2D eigenvalue weighted by Gasteiger charge is 2.20. The number of nitrogens with one attached hydrogen (secondary N) is 1. The third-order valence-electron chi connectivity index (χ3n) is 3.24. The van der Waals surface area contributed by atoms with Crippen LogP contribution in [0, 0.1) is 0 Å². The van der Waals surface area contributed by atoms with Gasteiger partial charge in [0.2, 0.25) is 0 Å². The molecule has 0 unspecified atom stereocenters. The summed E-state index contributed by atoms with van der Waals surface area (Å²) in [5.74, 6) is 0. The highest BCUT2D eigenvalue weighted by Crippen LogP contribution is 2.36. The third kappa shape index (κ3) is 3.88. The van der Waals surface area contributed by atoms with Crippen molar-refractivity contribution in [2.45, 2.75) is 35.2 Å². The van der Waals surface area contributed by atoms with E-state index in [-0.39, 0.29) is 0 Å². The first-order valence-corrected chi connectivity index (χ1v) is 9.07. The molecule has 104 valence electrons. The van der Waals surface area contributed by atoms with Crippen LogP contribution in [0.4, 0.5) is 0 Å². The van der Waals surface area contributed by atoms with Crippen molar-refractivity contribution in [3.63, 3.8) is 0 Å². The molecule has 0 amide bonds. The van der Waals surface area contributed by atoms with E-state index >= 15 is 0 Å². The van der Waals surface area contributed by atoms with Crippen LogP contribution >= 0.6 is 43.6 Å². The van der Waals surface area contributed by atoms with Gasteiger partial charge in [0.05, 0.1) is 0 Å². The van der Waals surface area contributed by atoms with Gasteiger partial charge in [0, 0.05) is 31.3 Å². The highest BCUT2D eigenvalue weighted by molar-refractivity contribution is 9.10. The second-order valence-corrected chi connectivity index (χ2v) is 7.79. The maximum Gasteiger partial charge on any atom is 0.0314 e. The zero-order valence-electron chi connectivity index (χ0n) is 10.9. The molecule has 1 fully saturated rings. The van der Waals surface area contributed by atoms with Gasteiger partial charge in [0.1, 0.15) is 0 Å². The van der Waals surface area contributed by atoms with Gasteiger partial charge in [0.15, 0.2) is 0 Å². The maximum atomic E-state index is 3.62. The van der Waals surface area contributed by atoms with E-state index in [0.29, 0.717) is 0 Å². The molecule has 0 bridgehead atoms. The van der Waals surface area contributed by atoms with Crippen LogP contribution in [0.1, 0.15) is 18.4 Å². The summed E-state index contributed by atoms with van der Waals surface area (Å²) in [7, 11) is 0. The summed E-state index contributed by atoms with van der Waals surface area (Å²) in [6, 6.07) is 15.6. The highest BCUT2D eigenvalue weighted by atomic mass is 79.9. The van der Waals surface area contributed by atoms with Crippen LogP contribution in [0.25, 0.3) is 0 Å². The zero-order chi connectivity index (χ0) is 13.9. The van der Waals surface area contributed by atoms with Crippen LogP contribution in [-0.2, 0) is 6.54 Å². The normalized spacial score (nSPS) is 14.5. The molecule has 0 atom stereocenters. The molecule has 0 aliphatic heterocycles. The molecule has 1 N–H and O–H groups in total. The summed E-state index contributed by atoms with van der Waals surface area (Å²) in [4.78, 5) is 2.55. The Balaban J connectivity index is 1.82. The van der Waals surface area contributed by atoms with Crippen molar-refractivity contribution in [2.75, 3.05) is 0 Å². The van der Waals surface area contributed by atoms with Gasteiger partial charge in [-0.15, -0.1) is 0 Å². The van der Waals surface area contributed by atoms with E-state index in [1.165, 1.54) is 28.2 Å². The van der Waals surface area contributed by atoms with E-state index in [1.54, 1.807) is 0 Å². The van der Waals surface area contributed by atoms with Crippen LogP contribution < -0.4 is 5.32 Å². The van der Waals surface area contributed by atoms with Crippen LogP contribution in [0.5, 0.6) is 0 Å². The van der Waals surface area contributed by atoms with Gasteiger partial charge in [-0.1, -0.05) is 45.9 Å². The Hall–Kier alpha value is -0.290. The van der Waals surface area contributed by atoms with Crippen molar-refractivity contribution in [1.82, 2.24) is 5.32 Å². The number of benzene rings is 2. The van der Waals surface area contributed by atoms with Crippen LogP contribution in [0.15, 0.2) is 61.2 Å². The molecule has 0 radical (unpaired) electrons. The molecule has 1 aliphatic carbocycles. The molecule has 0 aromatic heterocycles. The minimum atomic E-state index is 0.736. The zero-order valence-corrected chi connectivity index (χ0v) is 14.9. The first kappa shape index (κ1) is 14.6. The Morgan fingerprint density at radius 3 is 2.60 bits per heavy atom. The quantitative estimate of drug-likeness (QED) is 0.684. The second-order valence-electron chi connectivity index (χ2n) is 4.94. The fourth-order valence-corrected chi connectivity index (χ4v) is 4.00. The fraction of sp³-hybridized carbons (Fsp3) is 0.250. The lowest BCUT2D eigenvalue weighted by Gasteiger charge is -2.11. The fourth-order valence-electron chi connectivity index (χ4n) is 1.96.